The van der Waals surface area contributed by atoms with E-state index in [1.807, 2.05) is 54.2 Å². The number of nitrogens with one attached hydrogen (secondary N) is 1. The van der Waals surface area contributed by atoms with Crippen LogP contribution in [0.3, 0.4) is 0 Å². The molecule has 2 fully saturated rings. The van der Waals surface area contributed by atoms with Crippen LogP contribution in [0, 0.1) is 12.8 Å². The third-order valence-electron chi connectivity index (χ3n) is 6.14. The van der Waals surface area contributed by atoms with Crippen molar-refractivity contribution in [1.82, 2.24) is 19.9 Å². The summed E-state index contributed by atoms with van der Waals surface area (Å²) in [7, 11) is 0. The first kappa shape index (κ1) is 18.3. The second kappa shape index (κ2) is 7.04. The lowest BCUT2D eigenvalue weighted by molar-refractivity contribution is 0.102. The Morgan fingerprint density at radius 1 is 1.19 bits per heavy atom. The van der Waals surface area contributed by atoms with Crippen molar-refractivity contribution in [2.24, 2.45) is 5.92 Å². The van der Waals surface area contributed by atoms with Gasteiger partial charge in [-0.05, 0) is 44.6 Å². The standard InChI is InChI=1S/C24H23N5O2/c1-14-12-25-29(13-15-7-8-15)22(14)27-23(30)18-11-19(16-9-10-16)26-24-20(18)21(28-31-24)17-5-3-2-4-6-17/h2-6,11-12,15-16H,7-10,13H2,1H3,(H,27,30). The third kappa shape index (κ3) is 3.40. The summed E-state index contributed by atoms with van der Waals surface area (Å²) in [6.45, 7) is 2.81. The van der Waals surface area contributed by atoms with Gasteiger partial charge in [0.25, 0.3) is 11.6 Å². The summed E-state index contributed by atoms with van der Waals surface area (Å²) < 4.78 is 7.51. The van der Waals surface area contributed by atoms with Gasteiger partial charge in [-0.3, -0.25) is 4.79 Å². The number of amides is 1. The lowest BCUT2D eigenvalue weighted by Gasteiger charge is -2.11. The quantitative estimate of drug-likeness (QED) is 0.484. The van der Waals surface area contributed by atoms with Gasteiger partial charge in [0.15, 0.2) is 0 Å². The maximum atomic E-state index is 13.6. The van der Waals surface area contributed by atoms with Crippen LogP contribution in [-0.2, 0) is 6.54 Å². The second-order valence-corrected chi connectivity index (χ2v) is 8.70. The molecule has 6 rings (SSSR count). The zero-order chi connectivity index (χ0) is 20.9. The fourth-order valence-corrected chi connectivity index (χ4v) is 4.03. The molecule has 3 aromatic heterocycles. The van der Waals surface area contributed by atoms with Crippen LogP contribution in [0.2, 0.25) is 0 Å². The molecule has 0 radical (unpaired) electrons. The normalized spacial score (nSPS) is 16.0. The molecule has 0 unspecified atom stereocenters. The number of fused-ring (bicyclic) bond motifs is 1. The Hall–Kier alpha value is -3.48. The van der Waals surface area contributed by atoms with E-state index in [-0.39, 0.29) is 5.91 Å². The molecular formula is C24H23N5O2. The highest BCUT2D eigenvalue weighted by molar-refractivity contribution is 6.14. The van der Waals surface area contributed by atoms with E-state index in [0.717, 1.165) is 42.0 Å². The Morgan fingerprint density at radius 2 is 2.00 bits per heavy atom. The molecule has 0 aliphatic heterocycles. The predicted octanol–water partition coefficient (Wildman–Crippen LogP) is 4.93. The van der Waals surface area contributed by atoms with E-state index in [2.05, 4.69) is 20.6 Å². The van der Waals surface area contributed by atoms with Crippen LogP contribution in [0.15, 0.2) is 47.1 Å². The highest BCUT2D eigenvalue weighted by Crippen LogP contribution is 2.41. The van der Waals surface area contributed by atoms with Crippen LogP contribution in [0.25, 0.3) is 22.4 Å². The van der Waals surface area contributed by atoms with Gasteiger partial charge in [-0.1, -0.05) is 35.5 Å². The number of hydrogen-bond acceptors (Lipinski definition) is 5. The van der Waals surface area contributed by atoms with Gasteiger partial charge in [0.1, 0.15) is 11.5 Å². The monoisotopic (exact) mass is 413 g/mol. The number of benzene rings is 1. The molecule has 7 heteroatoms. The lowest BCUT2D eigenvalue weighted by Crippen LogP contribution is -2.18. The van der Waals surface area contributed by atoms with E-state index in [0.29, 0.717) is 34.2 Å². The van der Waals surface area contributed by atoms with Crippen molar-refractivity contribution in [2.75, 3.05) is 5.32 Å². The van der Waals surface area contributed by atoms with Gasteiger partial charge in [-0.2, -0.15) is 5.10 Å². The van der Waals surface area contributed by atoms with Crippen molar-refractivity contribution in [2.45, 2.75) is 45.1 Å². The molecule has 1 aromatic carbocycles. The molecule has 0 atom stereocenters. The summed E-state index contributed by atoms with van der Waals surface area (Å²) in [6.07, 6.45) is 6.44. The number of pyridine rings is 1. The first-order valence-electron chi connectivity index (χ1n) is 10.9. The summed E-state index contributed by atoms with van der Waals surface area (Å²) in [6, 6.07) is 11.7. The Morgan fingerprint density at radius 3 is 2.74 bits per heavy atom. The molecule has 31 heavy (non-hydrogen) atoms. The van der Waals surface area contributed by atoms with Gasteiger partial charge in [0.05, 0.1) is 17.1 Å². The number of nitrogens with zero attached hydrogens (tertiary/aromatic N) is 4. The van der Waals surface area contributed by atoms with E-state index in [1.165, 1.54) is 12.8 Å². The summed E-state index contributed by atoms with van der Waals surface area (Å²) in [5.74, 6) is 1.62. The Kier molecular flexibility index (Phi) is 4.16. The largest absolute Gasteiger partial charge is 0.335 e. The van der Waals surface area contributed by atoms with Gasteiger partial charge >= 0.3 is 0 Å². The summed E-state index contributed by atoms with van der Waals surface area (Å²) in [5.41, 5.74) is 4.35. The predicted molar refractivity (Wildman–Crippen MR) is 117 cm³/mol. The van der Waals surface area contributed by atoms with Crippen molar-refractivity contribution in [3.05, 3.63) is 59.4 Å². The molecule has 0 saturated heterocycles. The number of anilines is 1. The third-order valence-corrected chi connectivity index (χ3v) is 6.14. The smallest absolute Gasteiger partial charge is 0.259 e. The fraction of sp³-hybridized carbons (Fsp3) is 0.333. The van der Waals surface area contributed by atoms with Crippen LogP contribution in [0.5, 0.6) is 0 Å². The average molecular weight is 413 g/mol. The van der Waals surface area contributed by atoms with Gasteiger partial charge in [-0.25, -0.2) is 9.67 Å². The van der Waals surface area contributed by atoms with E-state index in [1.54, 1.807) is 0 Å². The first-order valence-corrected chi connectivity index (χ1v) is 10.9. The number of aromatic nitrogens is 4. The first-order chi connectivity index (χ1) is 15.2. The van der Waals surface area contributed by atoms with Crippen LogP contribution in [0.4, 0.5) is 5.82 Å². The molecule has 3 heterocycles. The lowest BCUT2D eigenvalue weighted by atomic mass is 10.0. The van der Waals surface area contributed by atoms with Crippen molar-refractivity contribution in [3.8, 4) is 11.3 Å². The molecule has 1 N–H and O–H groups in total. The number of carbonyl (C=O) groups is 1. The SMILES string of the molecule is Cc1cnn(CC2CC2)c1NC(=O)c1cc(C2CC2)nc2onc(-c3ccccc3)c12. The highest BCUT2D eigenvalue weighted by atomic mass is 16.5. The minimum atomic E-state index is -0.185. The summed E-state index contributed by atoms with van der Waals surface area (Å²) in [4.78, 5) is 18.2. The molecule has 0 spiro atoms. The van der Waals surface area contributed by atoms with Gasteiger partial charge < -0.3 is 9.84 Å². The summed E-state index contributed by atoms with van der Waals surface area (Å²) >= 11 is 0. The molecule has 2 aliphatic carbocycles. The molecule has 4 aromatic rings. The van der Waals surface area contributed by atoms with E-state index >= 15 is 0 Å². The van der Waals surface area contributed by atoms with Crippen LogP contribution in [-0.4, -0.2) is 25.8 Å². The molecule has 156 valence electrons. The zero-order valence-corrected chi connectivity index (χ0v) is 17.3. The minimum Gasteiger partial charge on any atom is -0.335 e. The highest BCUT2D eigenvalue weighted by Gasteiger charge is 2.30. The number of hydrogen-bond donors (Lipinski definition) is 1. The van der Waals surface area contributed by atoms with Crippen molar-refractivity contribution < 1.29 is 9.32 Å². The zero-order valence-electron chi connectivity index (χ0n) is 17.3. The van der Waals surface area contributed by atoms with Gasteiger partial charge in [-0.15, -0.1) is 0 Å². The average Bonchev–Trinajstić information content (AvgIpc) is 3.72. The van der Waals surface area contributed by atoms with Crippen LogP contribution < -0.4 is 5.32 Å². The maximum Gasteiger partial charge on any atom is 0.259 e. The molecule has 2 saturated carbocycles. The van der Waals surface area contributed by atoms with Gasteiger partial charge in [0.2, 0.25) is 0 Å². The summed E-state index contributed by atoms with van der Waals surface area (Å²) in [5, 5.41) is 12.5. The van der Waals surface area contributed by atoms with E-state index in [4.69, 9.17) is 4.52 Å². The van der Waals surface area contributed by atoms with Crippen molar-refractivity contribution in [1.29, 1.82) is 0 Å². The molecule has 1 amide bonds. The number of rotatable bonds is 6. The Bertz CT molecular complexity index is 1280. The van der Waals surface area contributed by atoms with Crippen LogP contribution >= 0.6 is 0 Å². The topological polar surface area (TPSA) is 85.8 Å². The molecular weight excluding hydrogens is 390 g/mol. The van der Waals surface area contributed by atoms with E-state index in [9.17, 15) is 4.79 Å². The Balaban J connectivity index is 1.44. The molecule has 0 bridgehead atoms. The molecule has 2 aliphatic rings. The minimum absolute atomic E-state index is 0.185. The van der Waals surface area contributed by atoms with E-state index < -0.39 is 0 Å². The molecule has 7 nitrogen and oxygen atoms in total. The Labute approximate surface area is 179 Å². The van der Waals surface area contributed by atoms with Gasteiger partial charge in [0, 0.05) is 29.3 Å². The second-order valence-electron chi connectivity index (χ2n) is 8.70. The number of carbonyl (C=O) groups excluding carboxylic acids is 1. The number of aryl methyl sites for hydroxylation is 1. The van der Waals surface area contributed by atoms with Crippen molar-refractivity contribution >= 4 is 22.8 Å². The van der Waals surface area contributed by atoms with Crippen LogP contribution in [0.1, 0.15) is 53.2 Å². The van der Waals surface area contributed by atoms with Crippen molar-refractivity contribution in [3.63, 3.8) is 0 Å². The maximum absolute atomic E-state index is 13.6. The fourth-order valence-electron chi connectivity index (χ4n) is 4.03.